The van der Waals surface area contributed by atoms with Crippen LogP contribution in [0.5, 0.6) is 0 Å². The van der Waals surface area contributed by atoms with Crippen molar-refractivity contribution in [2.75, 3.05) is 11.9 Å². The Morgan fingerprint density at radius 1 is 1.04 bits per heavy atom. The van der Waals surface area contributed by atoms with Crippen molar-refractivity contribution in [2.45, 2.75) is 13.3 Å². The highest BCUT2D eigenvalue weighted by molar-refractivity contribution is 7.14. The molecule has 138 valence electrons. The zero-order chi connectivity index (χ0) is 19.2. The molecule has 27 heavy (non-hydrogen) atoms. The van der Waals surface area contributed by atoms with Gasteiger partial charge in [0.15, 0.2) is 0 Å². The van der Waals surface area contributed by atoms with Gasteiger partial charge in [0.05, 0.1) is 18.6 Å². The average Bonchev–Trinajstić information content (AvgIpc) is 3.10. The van der Waals surface area contributed by atoms with Crippen molar-refractivity contribution in [1.82, 2.24) is 5.32 Å². The molecule has 0 aliphatic rings. The number of imide groups is 1. The Balaban J connectivity index is 1.71. The van der Waals surface area contributed by atoms with E-state index in [1.165, 1.54) is 11.3 Å². The van der Waals surface area contributed by atoms with Gasteiger partial charge in [0, 0.05) is 0 Å². The third-order valence-corrected chi connectivity index (χ3v) is 4.71. The van der Waals surface area contributed by atoms with E-state index >= 15 is 0 Å². The van der Waals surface area contributed by atoms with E-state index in [0.29, 0.717) is 5.00 Å². The van der Waals surface area contributed by atoms with Gasteiger partial charge in [-0.05, 0) is 34.7 Å². The second-order valence-corrected chi connectivity index (χ2v) is 6.62. The highest BCUT2D eigenvalue weighted by Crippen LogP contribution is 2.24. The van der Waals surface area contributed by atoms with Crippen LogP contribution >= 0.6 is 11.3 Å². The molecule has 0 aliphatic heterocycles. The molecule has 0 bridgehead atoms. The number of hydrogen-bond donors (Lipinski definition) is 2. The monoisotopic (exact) mass is 382 g/mol. The van der Waals surface area contributed by atoms with Gasteiger partial charge in [-0.15, -0.1) is 11.3 Å². The van der Waals surface area contributed by atoms with Crippen LogP contribution in [0.15, 0.2) is 53.9 Å². The van der Waals surface area contributed by atoms with Crippen LogP contribution in [0, 0.1) is 0 Å². The molecule has 3 amide bonds. The summed E-state index contributed by atoms with van der Waals surface area (Å²) in [7, 11) is 0. The highest BCUT2D eigenvalue weighted by atomic mass is 32.1. The number of fused-ring (bicyclic) bond motifs is 1. The third-order valence-electron chi connectivity index (χ3n) is 3.88. The smallest absolute Gasteiger partial charge is 0.414 e. The number of alkyl carbamates (subject to hydrolysis) is 1. The molecule has 6 nitrogen and oxygen atoms in total. The number of benzene rings is 2. The minimum atomic E-state index is -0.818. The van der Waals surface area contributed by atoms with Crippen molar-refractivity contribution in [3.8, 4) is 0 Å². The van der Waals surface area contributed by atoms with Crippen LogP contribution in [0.4, 0.5) is 9.80 Å². The third kappa shape index (κ3) is 4.51. The Kier molecular flexibility index (Phi) is 5.83. The maximum absolute atomic E-state index is 12.5. The molecule has 0 radical (unpaired) electrons. The second-order valence-electron chi connectivity index (χ2n) is 5.70. The normalized spacial score (nSPS) is 10.4. The van der Waals surface area contributed by atoms with E-state index in [1.807, 2.05) is 42.5 Å². The van der Waals surface area contributed by atoms with Crippen molar-refractivity contribution in [2.24, 2.45) is 0 Å². The maximum atomic E-state index is 12.5. The number of nitrogens with one attached hydrogen (secondary N) is 2. The summed E-state index contributed by atoms with van der Waals surface area (Å²) in [5.41, 5.74) is 1.12. The van der Waals surface area contributed by atoms with Crippen molar-refractivity contribution in [3.63, 3.8) is 0 Å². The second kappa shape index (κ2) is 8.46. The van der Waals surface area contributed by atoms with E-state index in [0.717, 1.165) is 16.3 Å². The summed E-state index contributed by atoms with van der Waals surface area (Å²) >= 11 is 1.22. The lowest BCUT2D eigenvalue weighted by Gasteiger charge is -2.09. The first-order chi connectivity index (χ1) is 13.1. The highest BCUT2D eigenvalue weighted by Gasteiger charge is 2.18. The summed E-state index contributed by atoms with van der Waals surface area (Å²) in [6, 6.07) is 15.2. The van der Waals surface area contributed by atoms with E-state index in [1.54, 1.807) is 18.4 Å². The Labute approximate surface area is 160 Å². The molecule has 3 rings (SSSR count). The Morgan fingerprint density at radius 2 is 1.81 bits per heavy atom. The maximum Gasteiger partial charge on any atom is 0.414 e. The zero-order valence-corrected chi connectivity index (χ0v) is 15.5. The van der Waals surface area contributed by atoms with E-state index in [9.17, 15) is 14.4 Å². The summed E-state index contributed by atoms with van der Waals surface area (Å²) in [5.74, 6) is -0.853. The minimum Gasteiger partial charge on any atom is -0.450 e. The summed E-state index contributed by atoms with van der Waals surface area (Å²) in [4.78, 5) is 36.1. The first-order valence-corrected chi connectivity index (χ1v) is 9.28. The van der Waals surface area contributed by atoms with Crippen LogP contribution in [0.2, 0.25) is 0 Å². The first-order valence-electron chi connectivity index (χ1n) is 8.40. The van der Waals surface area contributed by atoms with Crippen LogP contribution < -0.4 is 10.6 Å². The molecule has 2 N–H and O–H groups in total. The molecule has 0 saturated heterocycles. The molecule has 0 unspecified atom stereocenters. The summed E-state index contributed by atoms with van der Waals surface area (Å²) in [6.45, 7) is 1.81. The topological polar surface area (TPSA) is 84.5 Å². The predicted octanol–water partition coefficient (Wildman–Crippen LogP) is 3.97. The Bertz CT molecular complexity index is 991. The summed E-state index contributed by atoms with van der Waals surface area (Å²) < 4.78 is 4.70. The van der Waals surface area contributed by atoms with Crippen molar-refractivity contribution in [3.05, 3.63) is 65.0 Å². The molecular weight excluding hydrogens is 364 g/mol. The van der Waals surface area contributed by atoms with E-state index < -0.39 is 12.0 Å². The molecule has 0 spiro atoms. The average molecular weight is 382 g/mol. The van der Waals surface area contributed by atoms with E-state index in [-0.39, 0.29) is 24.5 Å². The van der Waals surface area contributed by atoms with Crippen LogP contribution in [0.3, 0.4) is 0 Å². The largest absolute Gasteiger partial charge is 0.450 e. The van der Waals surface area contributed by atoms with Gasteiger partial charge >= 0.3 is 6.09 Å². The van der Waals surface area contributed by atoms with Crippen LogP contribution in [-0.4, -0.2) is 24.5 Å². The standard InChI is InChI=1S/C20H18N2O4S/c1-2-26-20(25)22-18(24)16-10-11-27-19(16)21-17(23)12-14-8-5-7-13-6-3-4-9-15(13)14/h3-11H,2,12H2,1H3,(H,21,23)(H,22,24,25). The molecule has 3 aromatic rings. The fourth-order valence-corrected chi connectivity index (χ4v) is 3.50. The van der Waals surface area contributed by atoms with Gasteiger partial charge in [-0.1, -0.05) is 42.5 Å². The Hall–Kier alpha value is -3.19. The minimum absolute atomic E-state index is 0.164. The van der Waals surface area contributed by atoms with Crippen molar-refractivity contribution < 1.29 is 19.1 Å². The number of anilines is 1. The molecule has 7 heteroatoms. The molecular formula is C20H18N2O4S. The number of rotatable bonds is 5. The lowest BCUT2D eigenvalue weighted by Crippen LogP contribution is -2.31. The SMILES string of the molecule is CCOC(=O)NC(=O)c1ccsc1NC(=O)Cc1cccc2ccccc12. The number of thiophene rings is 1. The van der Waals surface area contributed by atoms with Gasteiger partial charge in [-0.25, -0.2) is 4.79 Å². The molecule has 0 saturated carbocycles. The summed E-state index contributed by atoms with van der Waals surface area (Å²) in [5, 5.41) is 9.03. The molecule has 1 heterocycles. The van der Waals surface area contributed by atoms with Crippen molar-refractivity contribution in [1.29, 1.82) is 0 Å². The van der Waals surface area contributed by atoms with Gasteiger partial charge in [0.2, 0.25) is 5.91 Å². The van der Waals surface area contributed by atoms with Gasteiger partial charge < -0.3 is 10.1 Å². The van der Waals surface area contributed by atoms with Crippen LogP contribution in [-0.2, 0) is 16.0 Å². The van der Waals surface area contributed by atoms with Crippen LogP contribution in [0.25, 0.3) is 10.8 Å². The van der Waals surface area contributed by atoms with E-state index in [2.05, 4.69) is 10.6 Å². The van der Waals surface area contributed by atoms with Gasteiger partial charge in [-0.3, -0.25) is 14.9 Å². The predicted molar refractivity (Wildman–Crippen MR) is 105 cm³/mol. The van der Waals surface area contributed by atoms with Crippen LogP contribution in [0.1, 0.15) is 22.8 Å². The Morgan fingerprint density at radius 3 is 2.63 bits per heavy atom. The van der Waals surface area contributed by atoms with Crippen molar-refractivity contribution >= 4 is 45.0 Å². The number of ether oxygens (including phenoxy) is 1. The lowest BCUT2D eigenvalue weighted by atomic mass is 10.0. The van der Waals surface area contributed by atoms with Gasteiger partial charge in [0.25, 0.3) is 5.91 Å². The molecule has 0 atom stereocenters. The fourth-order valence-electron chi connectivity index (χ4n) is 2.70. The van der Waals surface area contributed by atoms with Gasteiger partial charge in [0.1, 0.15) is 5.00 Å². The number of hydrogen-bond acceptors (Lipinski definition) is 5. The quantitative estimate of drug-likeness (QED) is 0.699. The molecule has 0 aliphatic carbocycles. The first kappa shape index (κ1) is 18.6. The molecule has 1 aromatic heterocycles. The van der Waals surface area contributed by atoms with E-state index in [4.69, 9.17) is 4.74 Å². The summed E-state index contributed by atoms with van der Waals surface area (Å²) in [6.07, 6.45) is -0.639. The number of carbonyl (C=O) groups excluding carboxylic acids is 3. The van der Waals surface area contributed by atoms with Gasteiger partial charge in [-0.2, -0.15) is 0 Å². The fraction of sp³-hybridized carbons (Fsp3) is 0.150. The number of carbonyl (C=O) groups is 3. The zero-order valence-electron chi connectivity index (χ0n) is 14.7. The molecule has 0 fully saturated rings. The molecule has 2 aromatic carbocycles. The lowest BCUT2D eigenvalue weighted by molar-refractivity contribution is -0.115. The number of amides is 3.